The van der Waals surface area contributed by atoms with E-state index < -0.39 is 0 Å². The first-order valence-corrected chi connectivity index (χ1v) is 5.17. The Morgan fingerprint density at radius 1 is 1.27 bits per heavy atom. The lowest BCUT2D eigenvalue weighted by molar-refractivity contribution is -0.135. The largest absolute Gasteiger partial charge is 0.372 e. The van der Waals surface area contributed by atoms with Crippen molar-refractivity contribution in [1.29, 1.82) is 0 Å². The number of halogens is 1. The summed E-state index contributed by atoms with van der Waals surface area (Å²) in [6.45, 7) is 0.768. The standard InChI is InChI=1S/C8H13IO2/c9-10-5-7-3-1-6-2-4-8(6)11-7/h6-8H,1-5H2/t6?,7-,8?/m0/s1. The van der Waals surface area contributed by atoms with Crippen LogP contribution in [0.2, 0.25) is 0 Å². The van der Waals surface area contributed by atoms with Crippen molar-refractivity contribution < 1.29 is 7.80 Å². The maximum absolute atomic E-state index is 5.80. The first kappa shape index (κ1) is 8.26. The molecule has 2 fully saturated rings. The second kappa shape index (κ2) is 3.58. The van der Waals surface area contributed by atoms with Crippen LogP contribution in [-0.2, 0) is 7.80 Å². The smallest absolute Gasteiger partial charge is 0.109 e. The molecule has 2 rings (SSSR count). The molecule has 1 aliphatic carbocycles. The van der Waals surface area contributed by atoms with E-state index in [1.54, 1.807) is 0 Å². The van der Waals surface area contributed by atoms with Gasteiger partial charge in [0.1, 0.15) is 23.0 Å². The zero-order chi connectivity index (χ0) is 7.68. The Morgan fingerprint density at radius 3 is 2.64 bits per heavy atom. The third-order valence-corrected chi connectivity index (χ3v) is 3.18. The molecule has 0 amide bonds. The minimum Gasteiger partial charge on any atom is -0.372 e. The molecule has 2 unspecified atom stereocenters. The van der Waals surface area contributed by atoms with Crippen molar-refractivity contribution in [1.82, 2.24) is 0 Å². The van der Waals surface area contributed by atoms with Crippen LogP contribution < -0.4 is 0 Å². The van der Waals surface area contributed by atoms with Crippen molar-refractivity contribution in [2.24, 2.45) is 5.92 Å². The zero-order valence-electron chi connectivity index (χ0n) is 6.46. The lowest BCUT2D eigenvalue weighted by Gasteiger charge is -2.43. The molecule has 0 aromatic heterocycles. The van der Waals surface area contributed by atoms with Gasteiger partial charge in [0.15, 0.2) is 0 Å². The van der Waals surface area contributed by atoms with Crippen LogP contribution in [0, 0.1) is 5.92 Å². The van der Waals surface area contributed by atoms with Crippen molar-refractivity contribution in [3.05, 3.63) is 0 Å². The molecule has 0 N–H and O–H groups in total. The highest BCUT2D eigenvalue weighted by molar-refractivity contribution is 14.1. The quantitative estimate of drug-likeness (QED) is 0.715. The summed E-state index contributed by atoms with van der Waals surface area (Å²) in [4.78, 5) is 0. The highest BCUT2D eigenvalue weighted by Crippen LogP contribution is 2.39. The number of hydrogen-bond acceptors (Lipinski definition) is 2. The second-order valence-electron chi connectivity index (χ2n) is 3.49. The van der Waals surface area contributed by atoms with Gasteiger partial charge in [0.25, 0.3) is 0 Å². The first-order chi connectivity index (χ1) is 5.40. The van der Waals surface area contributed by atoms with Crippen molar-refractivity contribution in [3.63, 3.8) is 0 Å². The summed E-state index contributed by atoms with van der Waals surface area (Å²) < 4.78 is 10.8. The maximum Gasteiger partial charge on any atom is 0.109 e. The van der Waals surface area contributed by atoms with Gasteiger partial charge in [-0.1, -0.05) is 0 Å². The van der Waals surface area contributed by atoms with Gasteiger partial charge >= 0.3 is 0 Å². The van der Waals surface area contributed by atoms with Crippen molar-refractivity contribution in [3.8, 4) is 0 Å². The number of hydrogen-bond donors (Lipinski definition) is 0. The molecule has 2 aliphatic rings. The fourth-order valence-corrected chi connectivity index (χ4v) is 2.36. The lowest BCUT2D eigenvalue weighted by Crippen LogP contribution is -2.43. The number of ether oxygens (including phenoxy) is 1. The van der Waals surface area contributed by atoms with E-state index in [-0.39, 0.29) is 0 Å². The molecular formula is C8H13IO2. The summed E-state index contributed by atoms with van der Waals surface area (Å²) in [6.07, 6.45) is 6.19. The summed E-state index contributed by atoms with van der Waals surface area (Å²) in [7, 11) is 0. The summed E-state index contributed by atoms with van der Waals surface area (Å²) in [6, 6.07) is 0. The van der Waals surface area contributed by atoms with E-state index >= 15 is 0 Å². The maximum atomic E-state index is 5.80. The van der Waals surface area contributed by atoms with Crippen LogP contribution in [0.1, 0.15) is 25.7 Å². The van der Waals surface area contributed by atoms with Crippen LogP contribution in [0.4, 0.5) is 0 Å². The lowest BCUT2D eigenvalue weighted by atomic mass is 9.76. The Morgan fingerprint density at radius 2 is 2.09 bits per heavy atom. The van der Waals surface area contributed by atoms with E-state index in [0.717, 1.165) is 12.5 Å². The Bertz CT molecular complexity index is 140. The molecule has 3 atom stereocenters. The van der Waals surface area contributed by atoms with E-state index in [2.05, 4.69) is 0 Å². The molecule has 1 heterocycles. The molecular weight excluding hydrogens is 255 g/mol. The van der Waals surface area contributed by atoms with E-state index in [1.807, 2.05) is 23.0 Å². The number of rotatable bonds is 2. The van der Waals surface area contributed by atoms with Gasteiger partial charge in [0.05, 0.1) is 18.8 Å². The minimum absolute atomic E-state index is 0.383. The Balaban J connectivity index is 1.79. The predicted molar refractivity (Wildman–Crippen MR) is 50.6 cm³/mol. The van der Waals surface area contributed by atoms with Gasteiger partial charge in [-0.3, -0.25) is 0 Å². The molecule has 64 valence electrons. The van der Waals surface area contributed by atoms with E-state index in [4.69, 9.17) is 7.80 Å². The average molecular weight is 268 g/mol. The Labute approximate surface area is 81.3 Å². The highest BCUT2D eigenvalue weighted by atomic mass is 127. The molecule has 0 bridgehead atoms. The topological polar surface area (TPSA) is 18.5 Å². The summed E-state index contributed by atoms with van der Waals surface area (Å²) in [5, 5.41) is 0. The van der Waals surface area contributed by atoms with Crippen LogP contribution >= 0.6 is 23.0 Å². The van der Waals surface area contributed by atoms with E-state index in [0.29, 0.717) is 12.2 Å². The highest BCUT2D eigenvalue weighted by Gasteiger charge is 2.37. The predicted octanol–water partition coefficient (Wildman–Crippen LogP) is 2.31. The summed E-state index contributed by atoms with van der Waals surface area (Å²) in [5.74, 6) is 0.889. The molecule has 1 aliphatic heterocycles. The zero-order valence-corrected chi connectivity index (χ0v) is 8.62. The monoisotopic (exact) mass is 268 g/mol. The van der Waals surface area contributed by atoms with Gasteiger partial charge < -0.3 is 7.80 Å². The van der Waals surface area contributed by atoms with Crippen molar-refractivity contribution in [2.45, 2.75) is 37.9 Å². The molecule has 0 radical (unpaired) electrons. The van der Waals surface area contributed by atoms with Crippen LogP contribution in [-0.4, -0.2) is 18.8 Å². The minimum atomic E-state index is 0.383. The second-order valence-corrected chi connectivity index (χ2v) is 4.11. The van der Waals surface area contributed by atoms with Crippen LogP contribution in [0.15, 0.2) is 0 Å². The molecule has 1 saturated carbocycles. The molecule has 1 saturated heterocycles. The molecule has 0 aromatic rings. The van der Waals surface area contributed by atoms with Gasteiger partial charge in [0, 0.05) is 0 Å². The molecule has 0 spiro atoms. The third-order valence-electron chi connectivity index (χ3n) is 2.82. The van der Waals surface area contributed by atoms with Crippen LogP contribution in [0.3, 0.4) is 0 Å². The van der Waals surface area contributed by atoms with E-state index in [1.165, 1.54) is 25.7 Å². The number of fused-ring (bicyclic) bond motifs is 1. The summed E-state index contributed by atoms with van der Waals surface area (Å²) in [5.41, 5.74) is 0. The molecule has 0 aromatic carbocycles. The van der Waals surface area contributed by atoms with Gasteiger partial charge in [-0.15, -0.1) is 0 Å². The van der Waals surface area contributed by atoms with Gasteiger partial charge in [0.2, 0.25) is 0 Å². The summed E-state index contributed by atoms with van der Waals surface area (Å²) >= 11 is 1.94. The Hall–Kier alpha value is 0.650. The molecule has 11 heavy (non-hydrogen) atoms. The van der Waals surface area contributed by atoms with E-state index in [9.17, 15) is 0 Å². The molecule has 2 nitrogen and oxygen atoms in total. The van der Waals surface area contributed by atoms with Crippen molar-refractivity contribution >= 4 is 23.0 Å². The Kier molecular flexibility index (Phi) is 2.69. The first-order valence-electron chi connectivity index (χ1n) is 4.29. The SMILES string of the molecule is IOC[C@@H]1CCC2CCC2O1. The van der Waals surface area contributed by atoms with Gasteiger partial charge in [-0.25, -0.2) is 0 Å². The third kappa shape index (κ3) is 1.70. The van der Waals surface area contributed by atoms with Crippen molar-refractivity contribution in [2.75, 3.05) is 6.61 Å². The van der Waals surface area contributed by atoms with Crippen LogP contribution in [0.5, 0.6) is 0 Å². The van der Waals surface area contributed by atoms with Gasteiger partial charge in [-0.05, 0) is 31.6 Å². The normalized spacial score (nSPS) is 42.8. The fourth-order valence-electron chi connectivity index (χ4n) is 1.96. The van der Waals surface area contributed by atoms with Crippen LogP contribution in [0.25, 0.3) is 0 Å². The fraction of sp³-hybridized carbons (Fsp3) is 1.00. The average Bonchev–Trinajstić information content (AvgIpc) is 1.96. The van der Waals surface area contributed by atoms with Gasteiger partial charge in [-0.2, -0.15) is 0 Å². The molecule has 3 heteroatoms.